The fraction of sp³-hybridized carbons (Fsp3) is 0.417. The molecule has 0 radical (unpaired) electrons. The van der Waals surface area contributed by atoms with Crippen molar-refractivity contribution in [2.45, 2.75) is 90.9 Å². The summed E-state index contributed by atoms with van der Waals surface area (Å²) in [7, 11) is 2.85. The van der Waals surface area contributed by atoms with Crippen molar-refractivity contribution in [2.24, 2.45) is 11.8 Å². The predicted octanol–water partition coefficient (Wildman–Crippen LogP) is 10.3. The number of benzene rings is 4. The van der Waals surface area contributed by atoms with Crippen LogP contribution in [0.25, 0.3) is 0 Å². The summed E-state index contributed by atoms with van der Waals surface area (Å²) in [5, 5.41) is 16.8. The third-order valence-electron chi connectivity index (χ3n) is 8.62. The number of carbonyl (C=O) groups is 4. The Hall–Kier alpha value is -5.64. The van der Waals surface area contributed by atoms with Crippen molar-refractivity contribution in [3.8, 4) is 11.5 Å². The molecule has 0 aliphatic heterocycles. The second kappa shape index (κ2) is 33.5. The molecule has 0 amide bonds. The van der Waals surface area contributed by atoms with Gasteiger partial charge in [-0.25, -0.2) is 0 Å². The lowest BCUT2D eigenvalue weighted by atomic mass is 9.98. The molecule has 10 nitrogen and oxygen atoms in total. The van der Waals surface area contributed by atoms with Crippen LogP contribution in [0.15, 0.2) is 121 Å². The molecular formula is C48H64O10. The van der Waals surface area contributed by atoms with Crippen molar-refractivity contribution in [3.63, 3.8) is 0 Å². The number of unbranched alkanes of at least 4 members (excludes halogenated alkanes) is 2. The van der Waals surface area contributed by atoms with Crippen LogP contribution < -0.4 is 9.47 Å². The zero-order valence-electron chi connectivity index (χ0n) is 34.8. The van der Waals surface area contributed by atoms with Crippen LogP contribution in [0.4, 0.5) is 0 Å². The first-order valence-corrected chi connectivity index (χ1v) is 20.0. The van der Waals surface area contributed by atoms with Crippen LogP contribution in [-0.4, -0.2) is 61.5 Å². The van der Waals surface area contributed by atoms with Gasteiger partial charge in [0.15, 0.2) is 0 Å². The quantitative estimate of drug-likeness (QED) is 0.0582. The Morgan fingerprint density at radius 2 is 0.862 bits per heavy atom. The minimum Gasteiger partial charge on any atom is -0.494 e. The molecule has 0 saturated carbocycles. The fourth-order valence-corrected chi connectivity index (χ4v) is 5.23. The molecular weight excluding hydrogens is 737 g/mol. The average molecular weight is 801 g/mol. The highest BCUT2D eigenvalue weighted by atomic mass is 16.5. The fourth-order valence-electron chi connectivity index (χ4n) is 5.23. The van der Waals surface area contributed by atoms with E-state index < -0.39 is 11.9 Å². The minimum absolute atomic E-state index is 0.115. The van der Waals surface area contributed by atoms with Crippen molar-refractivity contribution in [2.75, 3.05) is 27.4 Å². The highest BCUT2D eigenvalue weighted by molar-refractivity contribution is 5.69. The zero-order valence-corrected chi connectivity index (χ0v) is 34.8. The number of rotatable bonds is 22. The molecule has 0 fully saturated rings. The van der Waals surface area contributed by atoms with Crippen LogP contribution in [0.3, 0.4) is 0 Å². The van der Waals surface area contributed by atoms with E-state index in [0.717, 1.165) is 56.4 Å². The summed E-state index contributed by atoms with van der Waals surface area (Å²) in [5.41, 5.74) is 2.61. The minimum atomic E-state index is -0.746. The van der Waals surface area contributed by atoms with E-state index in [2.05, 4.69) is 40.7 Å². The molecule has 0 saturated heterocycles. The lowest BCUT2D eigenvalue weighted by Crippen LogP contribution is -2.10. The van der Waals surface area contributed by atoms with Crippen LogP contribution in [0.2, 0.25) is 0 Å². The highest BCUT2D eigenvalue weighted by Gasteiger charge is 2.10. The number of esters is 2. The third kappa shape index (κ3) is 29.6. The van der Waals surface area contributed by atoms with E-state index >= 15 is 0 Å². The second-order valence-electron chi connectivity index (χ2n) is 13.8. The Morgan fingerprint density at radius 3 is 1.29 bits per heavy atom. The Bertz CT molecular complexity index is 1620. The summed E-state index contributed by atoms with van der Waals surface area (Å²) in [4.78, 5) is 42.4. The molecule has 4 aromatic carbocycles. The van der Waals surface area contributed by atoms with Crippen LogP contribution in [-0.2, 0) is 41.5 Å². The van der Waals surface area contributed by atoms with Crippen molar-refractivity contribution < 1.29 is 48.3 Å². The van der Waals surface area contributed by atoms with Crippen LogP contribution >= 0.6 is 0 Å². The maximum Gasteiger partial charge on any atom is 0.305 e. The average Bonchev–Trinajstić information content (AvgIpc) is 3.23. The highest BCUT2D eigenvalue weighted by Crippen LogP contribution is 2.14. The van der Waals surface area contributed by atoms with Crippen LogP contribution in [0, 0.1) is 11.8 Å². The van der Waals surface area contributed by atoms with Crippen molar-refractivity contribution in [1.82, 2.24) is 0 Å². The molecule has 316 valence electrons. The number of aliphatic carboxylic acids is 2. The summed E-state index contributed by atoms with van der Waals surface area (Å²) in [6, 6.07) is 39.7. The van der Waals surface area contributed by atoms with E-state index in [4.69, 9.17) is 19.7 Å². The van der Waals surface area contributed by atoms with Crippen molar-refractivity contribution in [1.29, 1.82) is 0 Å². The van der Waals surface area contributed by atoms with Gasteiger partial charge in [0, 0.05) is 25.7 Å². The molecule has 0 bridgehead atoms. The Kier molecular flexibility index (Phi) is 29.1. The molecule has 0 aliphatic carbocycles. The first kappa shape index (κ1) is 50.4. The number of hydrogen-bond acceptors (Lipinski definition) is 8. The van der Waals surface area contributed by atoms with E-state index in [-0.39, 0.29) is 30.7 Å². The number of aryl methyl sites for hydroxylation is 2. The monoisotopic (exact) mass is 800 g/mol. The summed E-state index contributed by atoms with van der Waals surface area (Å²) in [5.74, 6) is 0.657. The van der Waals surface area contributed by atoms with Gasteiger partial charge in [0.05, 0.1) is 27.4 Å². The topological polar surface area (TPSA) is 146 Å². The number of ether oxygens (including phenoxy) is 4. The first-order chi connectivity index (χ1) is 28.0. The smallest absolute Gasteiger partial charge is 0.305 e. The summed E-state index contributed by atoms with van der Waals surface area (Å²) in [6.07, 6.45) is 8.53. The number of carboxylic acids is 2. The first-order valence-electron chi connectivity index (χ1n) is 20.0. The molecule has 0 heterocycles. The molecule has 0 aliphatic rings. The van der Waals surface area contributed by atoms with Crippen molar-refractivity contribution >= 4 is 23.9 Å². The SMILES string of the molecule is COC(=O)CC(C)CCOc1ccccc1.COC(=O)CC(C)CCc1ccccc1.O=C(O)CCCCOc1ccccc1.O=C(O)CCCCc1ccccc1. The van der Waals surface area contributed by atoms with Gasteiger partial charge in [-0.2, -0.15) is 0 Å². The molecule has 58 heavy (non-hydrogen) atoms. The van der Waals surface area contributed by atoms with E-state index in [1.54, 1.807) is 0 Å². The lowest BCUT2D eigenvalue weighted by Gasteiger charge is -2.10. The summed E-state index contributed by atoms with van der Waals surface area (Å²) >= 11 is 0. The molecule has 0 spiro atoms. The number of para-hydroxylation sites is 2. The molecule has 0 aromatic heterocycles. The molecule has 2 unspecified atom stereocenters. The molecule has 4 rings (SSSR count). The molecule has 2 N–H and O–H groups in total. The largest absolute Gasteiger partial charge is 0.494 e. The van der Waals surface area contributed by atoms with Crippen LogP contribution in [0.1, 0.15) is 89.2 Å². The van der Waals surface area contributed by atoms with Gasteiger partial charge in [-0.1, -0.05) is 111 Å². The predicted molar refractivity (Wildman–Crippen MR) is 228 cm³/mol. The normalized spacial score (nSPS) is 11.0. The van der Waals surface area contributed by atoms with E-state index in [1.807, 2.05) is 104 Å². The van der Waals surface area contributed by atoms with Crippen LogP contribution in [0.5, 0.6) is 11.5 Å². The van der Waals surface area contributed by atoms with Gasteiger partial charge in [-0.3, -0.25) is 19.2 Å². The molecule has 10 heteroatoms. The maximum absolute atomic E-state index is 11.0. The van der Waals surface area contributed by atoms with Gasteiger partial charge in [0.25, 0.3) is 0 Å². The Labute approximate surface area is 345 Å². The zero-order chi connectivity index (χ0) is 42.6. The standard InChI is InChI=1S/C13H18O3.C13H18O2.C11H14O3.C11H14O2/c1-11(10-13(14)15-2)8-9-16-12-6-4-3-5-7-12;1-11(10-13(14)15-2)8-9-12-6-4-3-5-7-12;12-11(13)8-4-5-9-14-10-6-2-1-3-7-10;12-11(13)9-5-4-8-10-6-2-1-3-7-10/h3-7,11H,8-10H2,1-2H3;3-7,11H,8-10H2,1-2H3;1-3,6-7H,4-5,8-9H2,(H,12,13);1-3,6-7H,4-5,8-9H2,(H,12,13). The number of carboxylic acid groups (broad SMARTS) is 2. The lowest BCUT2D eigenvalue weighted by molar-refractivity contribution is -0.142. The van der Waals surface area contributed by atoms with E-state index in [1.165, 1.54) is 25.3 Å². The van der Waals surface area contributed by atoms with Crippen molar-refractivity contribution in [3.05, 3.63) is 132 Å². The second-order valence-corrected chi connectivity index (χ2v) is 13.8. The van der Waals surface area contributed by atoms with E-state index in [9.17, 15) is 19.2 Å². The summed E-state index contributed by atoms with van der Waals surface area (Å²) < 4.78 is 20.2. The maximum atomic E-state index is 11.0. The van der Waals surface area contributed by atoms with Gasteiger partial charge in [-0.05, 0) is 98.6 Å². The van der Waals surface area contributed by atoms with Gasteiger partial charge >= 0.3 is 23.9 Å². The number of methoxy groups -OCH3 is 2. The number of carbonyl (C=O) groups excluding carboxylic acids is 2. The molecule has 2 atom stereocenters. The third-order valence-corrected chi connectivity index (χ3v) is 8.62. The van der Waals surface area contributed by atoms with Gasteiger partial charge in [0.2, 0.25) is 0 Å². The van der Waals surface area contributed by atoms with Gasteiger partial charge in [-0.15, -0.1) is 0 Å². The summed E-state index contributed by atoms with van der Waals surface area (Å²) in [6.45, 7) is 5.31. The van der Waals surface area contributed by atoms with Gasteiger partial charge in [0.1, 0.15) is 11.5 Å². The molecule has 4 aromatic rings. The Balaban J connectivity index is 0.000000388. The number of hydrogen-bond donors (Lipinski definition) is 2. The van der Waals surface area contributed by atoms with Gasteiger partial charge < -0.3 is 29.2 Å². The van der Waals surface area contributed by atoms with E-state index in [0.29, 0.717) is 38.4 Å². The Morgan fingerprint density at radius 1 is 0.483 bits per heavy atom.